The fourth-order valence-electron chi connectivity index (χ4n) is 2.47. The number of nitrogens with zero attached hydrogens (tertiary/aromatic N) is 3. The molecule has 114 valence electrons. The van der Waals surface area contributed by atoms with Gasteiger partial charge in [0.2, 0.25) is 10.0 Å². The highest BCUT2D eigenvalue weighted by atomic mass is 35.5. The third-order valence-electron chi connectivity index (χ3n) is 3.94. The Bertz CT molecular complexity index is 661. The van der Waals surface area contributed by atoms with Crippen molar-refractivity contribution in [3.05, 3.63) is 28.8 Å². The van der Waals surface area contributed by atoms with Crippen LogP contribution in [0.1, 0.15) is 18.4 Å². The normalized spacial score (nSPS) is 17.9. The monoisotopic (exact) mass is 327 g/mol. The molecule has 1 aliphatic heterocycles. The Kier molecular flexibility index (Phi) is 4.89. The summed E-state index contributed by atoms with van der Waals surface area (Å²) >= 11 is 5.93. The van der Waals surface area contributed by atoms with Gasteiger partial charge in [-0.1, -0.05) is 11.6 Å². The van der Waals surface area contributed by atoms with Crippen molar-refractivity contribution in [1.29, 1.82) is 5.26 Å². The molecule has 0 N–H and O–H groups in total. The summed E-state index contributed by atoms with van der Waals surface area (Å²) in [4.78, 5) is 2.32. The van der Waals surface area contributed by atoms with Crippen molar-refractivity contribution in [2.75, 3.05) is 27.2 Å². The number of hydrogen-bond donors (Lipinski definition) is 0. The lowest BCUT2D eigenvalue weighted by Crippen LogP contribution is -2.44. The predicted molar refractivity (Wildman–Crippen MR) is 81.6 cm³/mol. The Morgan fingerprint density at radius 2 is 2.00 bits per heavy atom. The van der Waals surface area contributed by atoms with Crippen LogP contribution in [0, 0.1) is 11.3 Å². The van der Waals surface area contributed by atoms with Crippen molar-refractivity contribution in [3.63, 3.8) is 0 Å². The van der Waals surface area contributed by atoms with E-state index >= 15 is 0 Å². The van der Waals surface area contributed by atoms with Gasteiger partial charge in [0.1, 0.15) is 6.07 Å². The second-order valence-electron chi connectivity index (χ2n) is 5.31. The second-order valence-corrected chi connectivity index (χ2v) is 7.71. The molecule has 0 saturated carbocycles. The first kappa shape index (κ1) is 16.2. The number of rotatable bonds is 3. The summed E-state index contributed by atoms with van der Waals surface area (Å²) in [6.07, 6.45) is 1.63. The van der Waals surface area contributed by atoms with Crippen LogP contribution in [-0.4, -0.2) is 50.8 Å². The first-order valence-corrected chi connectivity index (χ1v) is 8.54. The number of piperidine rings is 1. The van der Waals surface area contributed by atoms with Gasteiger partial charge in [0.05, 0.1) is 15.5 Å². The van der Waals surface area contributed by atoms with E-state index in [4.69, 9.17) is 16.9 Å². The van der Waals surface area contributed by atoms with Crippen LogP contribution in [0.2, 0.25) is 5.02 Å². The summed E-state index contributed by atoms with van der Waals surface area (Å²) in [5.74, 6) is 0. The van der Waals surface area contributed by atoms with Gasteiger partial charge in [0, 0.05) is 13.1 Å². The number of sulfonamides is 1. The summed E-state index contributed by atoms with van der Waals surface area (Å²) in [6.45, 7) is 1.78. The highest BCUT2D eigenvalue weighted by Crippen LogP contribution is 2.25. The van der Waals surface area contributed by atoms with E-state index in [1.54, 1.807) is 7.05 Å². The third-order valence-corrected chi connectivity index (χ3v) is 6.16. The van der Waals surface area contributed by atoms with E-state index in [0.717, 1.165) is 25.9 Å². The molecule has 1 aromatic carbocycles. The molecule has 21 heavy (non-hydrogen) atoms. The molecule has 0 aromatic heterocycles. The lowest BCUT2D eigenvalue weighted by molar-refractivity contribution is 0.197. The molecular formula is C14H18ClN3O2S. The molecule has 0 radical (unpaired) electrons. The highest BCUT2D eigenvalue weighted by molar-refractivity contribution is 7.89. The smallest absolute Gasteiger partial charge is 0.243 e. The zero-order chi connectivity index (χ0) is 15.6. The minimum absolute atomic E-state index is 0.000573. The van der Waals surface area contributed by atoms with E-state index in [1.165, 1.54) is 22.5 Å². The molecule has 0 unspecified atom stereocenters. The molecule has 0 bridgehead atoms. The third kappa shape index (κ3) is 3.38. The highest BCUT2D eigenvalue weighted by Gasteiger charge is 2.30. The Morgan fingerprint density at radius 1 is 1.38 bits per heavy atom. The Morgan fingerprint density at radius 3 is 2.52 bits per heavy atom. The molecule has 0 aliphatic carbocycles. The fraction of sp³-hybridized carbons (Fsp3) is 0.500. The Balaban J connectivity index is 2.25. The lowest BCUT2D eigenvalue weighted by atomic mass is 10.1. The van der Waals surface area contributed by atoms with Crippen LogP contribution >= 0.6 is 11.6 Å². The molecule has 1 saturated heterocycles. The van der Waals surface area contributed by atoms with Crippen LogP contribution in [-0.2, 0) is 10.0 Å². The quantitative estimate of drug-likeness (QED) is 0.851. The second kappa shape index (κ2) is 6.32. The molecule has 0 atom stereocenters. The van der Waals surface area contributed by atoms with E-state index in [9.17, 15) is 8.42 Å². The molecule has 1 heterocycles. The Labute approximate surface area is 130 Å². The first-order chi connectivity index (χ1) is 9.86. The van der Waals surface area contributed by atoms with E-state index in [1.807, 2.05) is 13.1 Å². The van der Waals surface area contributed by atoms with Gasteiger partial charge in [-0.25, -0.2) is 8.42 Å². The van der Waals surface area contributed by atoms with Crippen molar-refractivity contribution in [2.24, 2.45) is 0 Å². The standard InChI is InChI=1S/C14H18ClN3O2S/c1-17-7-5-12(6-8-17)18(2)21(19,20)13-4-3-11(10-16)14(15)9-13/h3-4,9,12H,5-8H2,1-2H3. The number of likely N-dealkylation sites (tertiary alicyclic amines) is 1. The summed E-state index contributed by atoms with van der Waals surface area (Å²) in [7, 11) is 0.0588. The van der Waals surface area contributed by atoms with Gasteiger partial charge in [-0.2, -0.15) is 9.57 Å². The Hall–Kier alpha value is -1.13. The number of halogens is 1. The van der Waals surface area contributed by atoms with Crippen LogP contribution in [0.25, 0.3) is 0 Å². The minimum Gasteiger partial charge on any atom is -0.306 e. The average molecular weight is 328 g/mol. The van der Waals surface area contributed by atoms with Gasteiger partial charge >= 0.3 is 0 Å². The first-order valence-electron chi connectivity index (χ1n) is 6.72. The minimum atomic E-state index is -3.58. The molecular weight excluding hydrogens is 310 g/mol. The van der Waals surface area contributed by atoms with Crippen molar-refractivity contribution in [2.45, 2.75) is 23.8 Å². The maximum atomic E-state index is 12.6. The maximum Gasteiger partial charge on any atom is 0.243 e. The molecule has 1 fully saturated rings. The van der Waals surface area contributed by atoms with Gasteiger partial charge < -0.3 is 4.90 Å². The largest absolute Gasteiger partial charge is 0.306 e. The van der Waals surface area contributed by atoms with Gasteiger partial charge in [0.25, 0.3) is 0 Å². The topological polar surface area (TPSA) is 64.4 Å². The van der Waals surface area contributed by atoms with E-state index in [-0.39, 0.29) is 21.5 Å². The molecule has 2 rings (SSSR count). The molecule has 1 aliphatic rings. The molecule has 7 heteroatoms. The lowest BCUT2D eigenvalue weighted by Gasteiger charge is -2.34. The van der Waals surface area contributed by atoms with Crippen LogP contribution in [0.5, 0.6) is 0 Å². The zero-order valence-corrected chi connectivity index (χ0v) is 13.7. The van der Waals surface area contributed by atoms with Gasteiger partial charge in [-0.3, -0.25) is 0 Å². The van der Waals surface area contributed by atoms with Crippen molar-refractivity contribution in [1.82, 2.24) is 9.21 Å². The number of nitriles is 1. The van der Waals surface area contributed by atoms with Crippen molar-refractivity contribution < 1.29 is 8.42 Å². The van der Waals surface area contributed by atoms with Gasteiger partial charge in [0.15, 0.2) is 0 Å². The predicted octanol–water partition coefficient (Wildman–Crippen LogP) is 1.93. The number of hydrogen-bond acceptors (Lipinski definition) is 4. The van der Waals surface area contributed by atoms with Crippen molar-refractivity contribution >= 4 is 21.6 Å². The molecule has 5 nitrogen and oxygen atoms in total. The summed E-state index contributed by atoms with van der Waals surface area (Å²) in [5.41, 5.74) is 0.276. The number of benzene rings is 1. The van der Waals surface area contributed by atoms with Crippen LogP contribution in [0.3, 0.4) is 0 Å². The SMILES string of the molecule is CN1CCC(N(C)S(=O)(=O)c2ccc(C#N)c(Cl)c2)CC1. The van der Waals surface area contributed by atoms with Gasteiger partial charge in [-0.05, 0) is 51.2 Å². The van der Waals surface area contributed by atoms with E-state index in [0.29, 0.717) is 0 Å². The maximum absolute atomic E-state index is 12.6. The average Bonchev–Trinajstić information content (AvgIpc) is 2.47. The molecule has 0 spiro atoms. The fourth-order valence-corrected chi connectivity index (χ4v) is 4.20. The van der Waals surface area contributed by atoms with E-state index < -0.39 is 10.0 Å². The van der Waals surface area contributed by atoms with Crippen LogP contribution in [0.15, 0.2) is 23.1 Å². The van der Waals surface area contributed by atoms with Crippen molar-refractivity contribution in [3.8, 4) is 6.07 Å². The molecule has 0 amide bonds. The summed E-state index contributed by atoms with van der Waals surface area (Å²) in [5, 5.41) is 9.01. The summed E-state index contributed by atoms with van der Waals surface area (Å²) < 4.78 is 26.7. The van der Waals surface area contributed by atoms with Crippen LogP contribution in [0.4, 0.5) is 0 Å². The summed E-state index contributed by atoms with van der Waals surface area (Å²) in [6, 6.07) is 6.15. The van der Waals surface area contributed by atoms with E-state index in [2.05, 4.69) is 4.90 Å². The molecule has 1 aromatic rings. The van der Waals surface area contributed by atoms with Crippen LogP contribution < -0.4 is 0 Å². The van der Waals surface area contributed by atoms with Gasteiger partial charge in [-0.15, -0.1) is 0 Å². The zero-order valence-electron chi connectivity index (χ0n) is 12.1.